The Morgan fingerprint density at radius 2 is 2.15 bits per heavy atom. The van der Waals surface area contributed by atoms with Crippen molar-refractivity contribution in [1.82, 2.24) is 9.55 Å². The van der Waals surface area contributed by atoms with Crippen LogP contribution in [0.25, 0.3) is 5.70 Å². The van der Waals surface area contributed by atoms with E-state index in [1.807, 2.05) is 34.9 Å². The van der Waals surface area contributed by atoms with Crippen LogP contribution in [-0.4, -0.2) is 29.1 Å². The van der Waals surface area contributed by atoms with Gasteiger partial charge in [0, 0.05) is 6.54 Å². The minimum Gasteiger partial charge on any atom is -0.497 e. The molecule has 0 bridgehead atoms. The lowest BCUT2D eigenvalue weighted by Gasteiger charge is -2.19. The summed E-state index contributed by atoms with van der Waals surface area (Å²) in [5, 5.41) is 3.11. The van der Waals surface area contributed by atoms with Crippen LogP contribution < -0.4 is 15.8 Å². The predicted molar refractivity (Wildman–Crippen MR) is 75.6 cm³/mol. The van der Waals surface area contributed by atoms with Crippen molar-refractivity contribution < 1.29 is 9.53 Å². The van der Waals surface area contributed by atoms with Gasteiger partial charge in [0.05, 0.1) is 12.8 Å². The maximum Gasteiger partial charge on any atom is 0.271 e. The Balaban J connectivity index is 2.03. The minimum absolute atomic E-state index is 0.254. The summed E-state index contributed by atoms with van der Waals surface area (Å²) in [4.78, 5) is 15.4. The maximum atomic E-state index is 11.3. The molecule has 0 atom stereocenters. The molecule has 1 aliphatic rings. The summed E-state index contributed by atoms with van der Waals surface area (Å²) in [6.07, 6.45) is 3.62. The van der Waals surface area contributed by atoms with E-state index in [1.54, 1.807) is 13.4 Å². The second kappa shape index (κ2) is 4.73. The number of aromatic nitrogens is 2. The molecule has 0 radical (unpaired) electrons. The Labute approximate surface area is 115 Å². The molecule has 2 aromatic rings. The lowest BCUT2D eigenvalue weighted by molar-refractivity contribution is 0.0997. The molecule has 0 unspecified atom stereocenters. The van der Waals surface area contributed by atoms with Gasteiger partial charge in [-0.25, -0.2) is 4.98 Å². The van der Waals surface area contributed by atoms with Gasteiger partial charge < -0.3 is 15.8 Å². The molecule has 0 saturated heterocycles. The number of amides is 1. The number of nitrogens with two attached hydrogens (primary N) is 1. The highest BCUT2D eigenvalue weighted by Crippen LogP contribution is 2.28. The summed E-state index contributed by atoms with van der Waals surface area (Å²) in [7, 11) is 1.63. The van der Waals surface area contributed by atoms with Crippen LogP contribution in [-0.2, 0) is 0 Å². The second-order valence-electron chi connectivity index (χ2n) is 4.37. The number of carbonyl (C=O) groups is 1. The van der Waals surface area contributed by atoms with Crippen molar-refractivity contribution in [2.45, 2.75) is 0 Å². The van der Waals surface area contributed by atoms with Crippen molar-refractivity contribution in [2.24, 2.45) is 5.73 Å². The number of hydrogen-bond donors (Lipinski definition) is 2. The fourth-order valence-corrected chi connectivity index (χ4v) is 2.24. The minimum atomic E-state index is -0.540. The van der Waals surface area contributed by atoms with Crippen LogP contribution in [0.15, 0.2) is 36.7 Å². The van der Waals surface area contributed by atoms with E-state index in [0.29, 0.717) is 12.4 Å². The molecule has 0 aliphatic carbocycles. The van der Waals surface area contributed by atoms with Gasteiger partial charge in [-0.1, -0.05) is 0 Å². The van der Waals surface area contributed by atoms with Gasteiger partial charge in [-0.15, -0.1) is 0 Å². The molecule has 1 aromatic carbocycles. The van der Waals surface area contributed by atoms with E-state index in [0.717, 1.165) is 17.0 Å². The zero-order chi connectivity index (χ0) is 14.1. The molecule has 102 valence electrons. The summed E-state index contributed by atoms with van der Waals surface area (Å²) >= 11 is 0. The average molecular weight is 270 g/mol. The third-order valence-corrected chi connectivity index (χ3v) is 3.21. The molecule has 1 aliphatic heterocycles. The Hall–Kier alpha value is -2.76. The quantitative estimate of drug-likeness (QED) is 0.880. The van der Waals surface area contributed by atoms with E-state index in [2.05, 4.69) is 10.3 Å². The zero-order valence-corrected chi connectivity index (χ0v) is 11.0. The van der Waals surface area contributed by atoms with Crippen LogP contribution in [0.2, 0.25) is 0 Å². The zero-order valence-electron chi connectivity index (χ0n) is 11.0. The first-order valence-corrected chi connectivity index (χ1v) is 6.16. The molecule has 3 rings (SSSR count). The van der Waals surface area contributed by atoms with Crippen LogP contribution >= 0.6 is 0 Å². The number of carbonyl (C=O) groups excluding carboxylic acids is 1. The Morgan fingerprint density at radius 3 is 2.80 bits per heavy atom. The molecule has 2 heterocycles. The van der Waals surface area contributed by atoms with Gasteiger partial charge >= 0.3 is 0 Å². The number of nitrogens with zero attached hydrogens (tertiary/aromatic N) is 2. The van der Waals surface area contributed by atoms with Crippen LogP contribution in [0.5, 0.6) is 5.75 Å². The molecule has 1 aromatic heterocycles. The van der Waals surface area contributed by atoms with E-state index < -0.39 is 5.91 Å². The highest BCUT2D eigenvalue weighted by atomic mass is 16.5. The van der Waals surface area contributed by atoms with Crippen molar-refractivity contribution in [2.75, 3.05) is 19.0 Å². The van der Waals surface area contributed by atoms with Crippen molar-refractivity contribution in [1.29, 1.82) is 0 Å². The fourth-order valence-electron chi connectivity index (χ4n) is 2.24. The second-order valence-corrected chi connectivity index (χ2v) is 4.37. The molecule has 0 fully saturated rings. The molecule has 0 saturated carbocycles. The van der Waals surface area contributed by atoms with Crippen molar-refractivity contribution in [3.05, 3.63) is 47.9 Å². The topological polar surface area (TPSA) is 82.2 Å². The number of hydrogen-bond acceptors (Lipinski definition) is 4. The van der Waals surface area contributed by atoms with Crippen molar-refractivity contribution >= 4 is 17.4 Å². The standard InChI is InChI=1S/C14H14N4O2/c1-20-10-4-2-9(3-5-10)11-6-7-16-14-12(13(15)19)17-8-18(11)14/h2-6,8,16H,7H2,1H3,(H2,15,19). The third-order valence-electron chi connectivity index (χ3n) is 3.21. The number of rotatable bonds is 3. The summed E-state index contributed by atoms with van der Waals surface area (Å²) < 4.78 is 6.97. The smallest absolute Gasteiger partial charge is 0.271 e. The maximum absolute atomic E-state index is 11.3. The van der Waals surface area contributed by atoms with Gasteiger partial charge in [-0.3, -0.25) is 9.36 Å². The normalized spacial score (nSPS) is 13.2. The number of imidazole rings is 1. The fraction of sp³-hybridized carbons (Fsp3) is 0.143. The Kier molecular flexibility index (Phi) is 2.90. The van der Waals surface area contributed by atoms with Crippen LogP contribution in [0.4, 0.5) is 5.82 Å². The monoisotopic (exact) mass is 270 g/mol. The average Bonchev–Trinajstić information content (AvgIpc) is 2.91. The van der Waals surface area contributed by atoms with Crippen molar-refractivity contribution in [3.8, 4) is 5.75 Å². The van der Waals surface area contributed by atoms with E-state index >= 15 is 0 Å². The summed E-state index contributed by atoms with van der Waals surface area (Å²) in [5.41, 5.74) is 7.54. The number of anilines is 1. The number of methoxy groups -OCH3 is 1. The van der Waals surface area contributed by atoms with E-state index in [-0.39, 0.29) is 5.69 Å². The van der Waals surface area contributed by atoms with E-state index in [9.17, 15) is 4.79 Å². The SMILES string of the molecule is COc1ccc(C2=CCNc3c(C(N)=O)ncn32)cc1. The Morgan fingerprint density at radius 1 is 1.40 bits per heavy atom. The highest BCUT2D eigenvalue weighted by molar-refractivity contribution is 5.97. The first kappa shape index (κ1) is 12.3. The summed E-state index contributed by atoms with van der Waals surface area (Å²) in [6, 6.07) is 7.71. The number of primary amides is 1. The lowest BCUT2D eigenvalue weighted by Crippen LogP contribution is -2.19. The van der Waals surface area contributed by atoms with Gasteiger partial charge in [0.15, 0.2) is 5.69 Å². The Bertz CT molecular complexity index is 686. The number of nitrogens with one attached hydrogen (secondary N) is 1. The molecule has 1 amide bonds. The number of ether oxygens (including phenoxy) is 1. The van der Waals surface area contributed by atoms with Crippen molar-refractivity contribution in [3.63, 3.8) is 0 Å². The first-order chi connectivity index (χ1) is 9.70. The number of benzene rings is 1. The van der Waals surface area contributed by atoms with Gasteiger partial charge in [-0.2, -0.15) is 0 Å². The van der Waals surface area contributed by atoms with Gasteiger partial charge in [0.25, 0.3) is 5.91 Å². The highest BCUT2D eigenvalue weighted by Gasteiger charge is 2.20. The van der Waals surface area contributed by atoms with Gasteiger partial charge in [0.1, 0.15) is 17.9 Å². The van der Waals surface area contributed by atoms with Crippen LogP contribution in [0, 0.1) is 0 Å². The summed E-state index contributed by atoms with van der Waals surface area (Å²) in [5.74, 6) is 0.889. The van der Waals surface area contributed by atoms with E-state index in [4.69, 9.17) is 10.5 Å². The van der Waals surface area contributed by atoms with Gasteiger partial charge in [0.2, 0.25) is 0 Å². The predicted octanol–water partition coefficient (Wildman–Crippen LogP) is 1.31. The molecular formula is C14H14N4O2. The first-order valence-electron chi connectivity index (χ1n) is 6.16. The van der Waals surface area contributed by atoms with Crippen LogP contribution in [0.3, 0.4) is 0 Å². The molecule has 6 heteroatoms. The lowest BCUT2D eigenvalue weighted by atomic mass is 10.1. The number of fused-ring (bicyclic) bond motifs is 1. The molecular weight excluding hydrogens is 256 g/mol. The summed E-state index contributed by atoms with van der Waals surface area (Å²) in [6.45, 7) is 0.618. The van der Waals surface area contributed by atoms with Crippen LogP contribution in [0.1, 0.15) is 16.1 Å². The molecule has 20 heavy (non-hydrogen) atoms. The molecule has 3 N–H and O–H groups in total. The van der Waals surface area contributed by atoms with E-state index in [1.165, 1.54) is 0 Å². The molecule has 0 spiro atoms. The molecule has 6 nitrogen and oxygen atoms in total. The third kappa shape index (κ3) is 1.91. The van der Waals surface area contributed by atoms with Gasteiger partial charge in [-0.05, 0) is 35.9 Å². The largest absolute Gasteiger partial charge is 0.497 e.